The molecule has 1 aromatic heterocycles. The fourth-order valence-electron chi connectivity index (χ4n) is 3.08. The van der Waals surface area contributed by atoms with Gasteiger partial charge in [-0.05, 0) is 37.5 Å². The molecule has 0 bridgehead atoms. The molecule has 0 saturated carbocycles. The maximum atomic E-state index is 11.9. The van der Waals surface area contributed by atoms with Gasteiger partial charge < -0.3 is 10.2 Å². The van der Waals surface area contributed by atoms with E-state index < -0.39 is 0 Å². The van der Waals surface area contributed by atoms with Crippen LogP contribution in [0.25, 0.3) is 0 Å². The van der Waals surface area contributed by atoms with Crippen LogP contribution in [0.4, 0.5) is 11.5 Å². The van der Waals surface area contributed by atoms with E-state index in [0.717, 1.165) is 42.9 Å². The van der Waals surface area contributed by atoms with Crippen molar-refractivity contribution in [2.24, 2.45) is 0 Å². The fraction of sp³-hybridized carbons (Fsp3) is 0.333. The smallest absolute Gasteiger partial charge is 0.219 e. The molecule has 2 aromatic rings. The Balaban J connectivity index is 1.91. The second-order valence-electron chi connectivity index (χ2n) is 5.66. The van der Waals surface area contributed by atoms with Gasteiger partial charge in [0.15, 0.2) is 0 Å². The number of carbonyl (C=O) groups excluding carboxylic acids is 1. The Labute approximate surface area is 131 Å². The summed E-state index contributed by atoms with van der Waals surface area (Å²) in [5.41, 5.74) is 2.11. The zero-order chi connectivity index (χ0) is 15.4. The van der Waals surface area contributed by atoms with Crippen molar-refractivity contribution in [3.05, 3.63) is 54.2 Å². The molecular weight excluding hydrogens is 274 g/mol. The standard InChI is InChI=1S/C18H21N3O/c1-14(22)21-13-6-5-11-17(21)16-10-7-12-19-18(16)20-15-8-3-2-4-9-15/h2-4,7-10,12,17H,5-6,11,13H2,1H3,(H,19,20)/t17-/m0/s1. The maximum absolute atomic E-state index is 11.9. The third kappa shape index (κ3) is 3.11. The van der Waals surface area contributed by atoms with Gasteiger partial charge in [-0.15, -0.1) is 0 Å². The number of nitrogens with one attached hydrogen (secondary N) is 1. The van der Waals surface area contributed by atoms with Crippen LogP contribution in [-0.2, 0) is 4.79 Å². The third-order valence-corrected chi connectivity index (χ3v) is 4.14. The number of piperidine rings is 1. The van der Waals surface area contributed by atoms with E-state index in [0.29, 0.717) is 0 Å². The zero-order valence-corrected chi connectivity index (χ0v) is 12.8. The molecule has 1 atom stereocenters. The summed E-state index contributed by atoms with van der Waals surface area (Å²) in [5.74, 6) is 0.978. The number of pyridine rings is 1. The largest absolute Gasteiger partial charge is 0.340 e. The van der Waals surface area contributed by atoms with Crippen LogP contribution in [0.3, 0.4) is 0 Å². The van der Waals surface area contributed by atoms with Crippen molar-refractivity contribution >= 4 is 17.4 Å². The molecule has 22 heavy (non-hydrogen) atoms. The summed E-state index contributed by atoms with van der Waals surface area (Å²) in [6.45, 7) is 2.48. The Kier molecular flexibility index (Phi) is 4.37. The van der Waals surface area contributed by atoms with Crippen LogP contribution in [0.2, 0.25) is 0 Å². The second kappa shape index (κ2) is 6.60. The Morgan fingerprint density at radius 2 is 2.00 bits per heavy atom. The van der Waals surface area contributed by atoms with E-state index in [4.69, 9.17) is 0 Å². The van der Waals surface area contributed by atoms with Crippen LogP contribution in [0.1, 0.15) is 37.8 Å². The first kappa shape index (κ1) is 14.6. The van der Waals surface area contributed by atoms with Crippen molar-refractivity contribution in [3.63, 3.8) is 0 Å². The molecule has 0 aliphatic carbocycles. The molecule has 1 saturated heterocycles. The van der Waals surface area contributed by atoms with Crippen LogP contribution >= 0.6 is 0 Å². The molecule has 3 rings (SSSR count). The number of nitrogens with zero attached hydrogens (tertiary/aromatic N) is 2. The van der Waals surface area contributed by atoms with Gasteiger partial charge in [-0.1, -0.05) is 24.3 Å². The molecule has 1 aliphatic heterocycles. The molecule has 0 spiro atoms. The van der Waals surface area contributed by atoms with Crippen molar-refractivity contribution in [2.75, 3.05) is 11.9 Å². The van der Waals surface area contributed by atoms with Crippen molar-refractivity contribution in [1.29, 1.82) is 0 Å². The van der Waals surface area contributed by atoms with E-state index in [1.165, 1.54) is 0 Å². The maximum Gasteiger partial charge on any atom is 0.219 e. The number of rotatable bonds is 3. The number of benzene rings is 1. The van der Waals surface area contributed by atoms with Crippen molar-refractivity contribution in [2.45, 2.75) is 32.2 Å². The van der Waals surface area contributed by atoms with Crippen LogP contribution in [0.5, 0.6) is 0 Å². The van der Waals surface area contributed by atoms with Gasteiger partial charge in [0.2, 0.25) is 5.91 Å². The number of carbonyl (C=O) groups is 1. The van der Waals surface area contributed by atoms with Gasteiger partial charge in [0.1, 0.15) is 5.82 Å². The average Bonchev–Trinajstić information content (AvgIpc) is 2.56. The minimum atomic E-state index is 0.117. The topological polar surface area (TPSA) is 45.2 Å². The molecule has 1 N–H and O–H groups in total. The lowest BCUT2D eigenvalue weighted by Gasteiger charge is -2.36. The Bertz CT molecular complexity index is 642. The van der Waals surface area contributed by atoms with Gasteiger partial charge in [-0.2, -0.15) is 0 Å². The lowest BCUT2D eigenvalue weighted by molar-refractivity contribution is -0.132. The summed E-state index contributed by atoms with van der Waals surface area (Å²) in [7, 11) is 0. The predicted molar refractivity (Wildman–Crippen MR) is 87.9 cm³/mol. The monoisotopic (exact) mass is 295 g/mol. The van der Waals surface area contributed by atoms with Crippen LogP contribution in [0, 0.1) is 0 Å². The van der Waals surface area contributed by atoms with Gasteiger partial charge >= 0.3 is 0 Å². The summed E-state index contributed by atoms with van der Waals surface area (Å²) >= 11 is 0. The molecule has 4 nitrogen and oxygen atoms in total. The number of aromatic nitrogens is 1. The Morgan fingerprint density at radius 3 is 2.77 bits per heavy atom. The van der Waals surface area contributed by atoms with Crippen LogP contribution in [-0.4, -0.2) is 22.3 Å². The SMILES string of the molecule is CC(=O)N1CCCC[C@H]1c1cccnc1Nc1ccccc1. The number of para-hydroxylation sites is 1. The number of hydrogen-bond donors (Lipinski definition) is 1. The lowest BCUT2D eigenvalue weighted by atomic mass is 9.95. The van der Waals surface area contributed by atoms with Gasteiger partial charge in [0, 0.05) is 30.9 Å². The summed E-state index contributed by atoms with van der Waals surface area (Å²) < 4.78 is 0. The number of amides is 1. The summed E-state index contributed by atoms with van der Waals surface area (Å²) in [5, 5.41) is 3.38. The Hall–Kier alpha value is -2.36. The van der Waals surface area contributed by atoms with E-state index in [1.807, 2.05) is 41.3 Å². The molecule has 0 unspecified atom stereocenters. The van der Waals surface area contributed by atoms with E-state index in [9.17, 15) is 4.79 Å². The first-order valence-electron chi connectivity index (χ1n) is 7.80. The van der Waals surface area contributed by atoms with Gasteiger partial charge in [0.25, 0.3) is 0 Å². The summed E-state index contributed by atoms with van der Waals surface area (Å²) in [4.78, 5) is 18.4. The van der Waals surface area contributed by atoms with Gasteiger partial charge in [-0.3, -0.25) is 4.79 Å². The molecule has 0 radical (unpaired) electrons. The highest BCUT2D eigenvalue weighted by molar-refractivity contribution is 5.74. The molecule has 1 aromatic carbocycles. The fourth-order valence-corrected chi connectivity index (χ4v) is 3.08. The highest BCUT2D eigenvalue weighted by atomic mass is 16.2. The van der Waals surface area contributed by atoms with Gasteiger partial charge in [-0.25, -0.2) is 4.98 Å². The van der Waals surface area contributed by atoms with Crippen molar-refractivity contribution in [1.82, 2.24) is 9.88 Å². The van der Waals surface area contributed by atoms with Crippen LogP contribution < -0.4 is 5.32 Å². The highest BCUT2D eigenvalue weighted by Gasteiger charge is 2.27. The van der Waals surface area contributed by atoms with E-state index in [2.05, 4.69) is 16.4 Å². The molecule has 2 heterocycles. The first-order valence-corrected chi connectivity index (χ1v) is 7.80. The predicted octanol–water partition coefficient (Wildman–Crippen LogP) is 3.90. The number of anilines is 2. The molecule has 114 valence electrons. The van der Waals surface area contributed by atoms with Gasteiger partial charge in [0.05, 0.1) is 6.04 Å². The van der Waals surface area contributed by atoms with E-state index in [-0.39, 0.29) is 11.9 Å². The van der Waals surface area contributed by atoms with E-state index in [1.54, 1.807) is 13.1 Å². The van der Waals surface area contributed by atoms with E-state index >= 15 is 0 Å². The third-order valence-electron chi connectivity index (χ3n) is 4.14. The second-order valence-corrected chi connectivity index (χ2v) is 5.66. The lowest BCUT2D eigenvalue weighted by Crippen LogP contribution is -2.37. The number of likely N-dealkylation sites (tertiary alicyclic amines) is 1. The van der Waals surface area contributed by atoms with Crippen LogP contribution in [0.15, 0.2) is 48.7 Å². The summed E-state index contributed by atoms with van der Waals surface area (Å²) in [6, 6.07) is 14.1. The van der Waals surface area contributed by atoms with Crippen molar-refractivity contribution < 1.29 is 4.79 Å². The Morgan fingerprint density at radius 1 is 1.18 bits per heavy atom. The highest BCUT2D eigenvalue weighted by Crippen LogP contribution is 2.35. The molecular formula is C18H21N3O. The quantitative estimate of drug-likeness (QED) is 0.934. The minimum absolute atomic E-state index is 0.117. The zero-order valence-electron chi connectivity index (χ0n) is 12.8. The molecule has 1 aliphatic rings. The summed E-state index contributed by atoms with van der Waals surface area (Å²) in [6.07, 6.45) is 5.01. The minimum Gasteiger partial charge on any atom is -0.340 e. The average molecular weight is 295 g/mol. The molecule has 1 fully saturated rings. The molecule has 4 heteroatoms. The number of hydrogen-bond acceptors (Lipinski definition) is 3. The van der Waals surface area contributed by atoms with Crippen molar-refractivity contribution in [3.8, 4) is 0 Å². The first-order chi connectivity index (χ1) is 10.8. The molecule has 1 amide bonds. The normalized spacial score (nSPS) is 18.0.